The number of halogens is 1. The lowest BCUT2D eigenvalue weighted by molar-refractivity contribution is -0.133. The molecule has 20 heavy (non-hydrogen) atoms. The Hall–Kier alpha value is -1.02. The normalized spacial score (nSPS) is 34.5. The number of amides is 1. The van der Waals surface area contributed by atoms with Crippen LogP contribution in [0.15, 0.2) is 24.3 Å². The van der Waals surface area contributed by atoms with E-state index in [2.05, 4.69) is 29.2 Å². The third-order valence-corrected chi connectivity index (χ3v) is 5.81. The first kappa shape index (κ1) is 12.7. The lowest BCUT2D eigenvalue weighted by atomic mass is 9.92. The first-order valence-corrected chi connectivity index (χ1v) is 8.29. The third-order valence-electron chi connectivity index (χ3n) is 5.45. The van der Waals surface area contributed by atoms with Gasteiger partial charge in [0, 0.05) is 24.4 Å². The van der Waals surface area contributed by atoms with Gasteiger partial charge < -0.3 is 4.90 Å². The van der Waals surface area contributed by atoms with Crippen LogP contribution in [0.4, 0.5) is 0 Å². The highest BCUT2D eigenvalue weighted by Crippen LogP contribution is 2.60. The van der Waals surface area contributed by atoms with E-state index < -0.39 is 0 Å². The standard InChI is InChI=1S/C17H20ClNO/c18-10-12-5-3-9-19(12)17(20)16-14-8-7-11-4-1-2-6-13(11)15(14)16/h1-2,4,6,12,14-16H,3,5,7-10H2. The molecule has 1 aromatic rings. The molecule has 4 atom stereocenters. The average Bonchev–Trinajstić information content (AvgIpc) is 3.04. The van der Waals surface area contributed by atoms with Gasteiger partial charge in [0.2, 0.25) is 5.91 Å². The zero-order valence-electron chi connectivity index (χ0n) is 11.6. The molecule has 2 nitrogen and oxygen atoms in total. The van der Waals surface area contributed by atoms with Gasteiger partial charge in [-0.15, -0.1) is 11.6 Å². The van der Waals surface area contributed by atoms with Crippen molar-refractivity contribution in [3.05, 3.63) is 35.4 Å². The largest absolute Gasteiger partial charge is 0.338 e. The van der Waals surface area contributed by atoms with E-state index in [4.69, 9.17) is 11.6 Å². The molecule has 1 aliphatic heterocycles. The van der Waals surface area contributed by atoms with Crippen LogP contribution in [0.25, 0.3) is 0 Å². The third kappa shape index (κ3) is 1.81. The molecule has 106 valence electrons. The molecule has 3 heteroatoms. The van der Waals surface area contributed by atoms with E-state index in [1.165, 1.54) is 17.5 Å². The number of aryl methyl sites for hydroxylation is 1. The van der Waals surface area contributed by atoms with Crippen LogP contribution in [0.1, 0.15) is 36.3 Å². The number of rotatable bonds is 2. The van der Waals surface area contributed by atoms with Crippen molar-refractivity contribution in [2.24, 2.45) is 11.8 Å². The molecule has 3 aliphatic rings. The van der Waals surface area contributed by atoms with E-state index in [1.54, 1.807) is 0 Å². The fraction of sp³-hybridized carbons (Fsp3) is 0.588. The fourth-order valence-electron chi connectivity index (χ4n) is 4.38. The minimum Gasteiger partial charge on any atom is -0.338 e. The summed E-state index contributed by atoms with van der Waals surface area (Å²) in [5, 5.41) is 0. The summed E-state index contributed by atoms with van der Waals surface area (Å²) >= 11 is 6.01. The lowest BCUT2D eigenvalue weighted by Gasteiger charge is -2.23. The van der Waals surface area contributed by atoms with Crippen LogP contribution in [-0.2, 0) is 11.2 Å². The molecule has 0 N–H and O–H groups in total. The van der Waals surface area contributed by atoms with Crippen LogP contribution in [0, 0.1) is 11.8 Å². The van der Waals surface area contributed by atoms with Gasteiger partial charge in [0.15, 0.2) is 0 Å². The maximum absolute atomic E-state index is 12.8. The first-order chi connectivity index (χ1) is 9.81. The minimum absolute atomic E-state index is 0.238. The van der Waals surface area contributed by atoms with Crippen LogP contribution >= 0.6 is 11.6 Å². The minimum atomic E-state index is 0.238. The molecule has 2 aliphatic carbocycles. The van der Waals surface area contributed by atoms with Gasteiger partial charge in [-0.1, -0.05) is 24.3 Å². The second-order valence-electron chi connectivity index (χ2n) is 6.43. The molecule has 1 heterocycles. The van der Waals surface area contributed by atoms with Crippen molar-refractivity contribution >= 4 is 17.5 Å². The summed E-state index contributed by atoms with van der Waals surface area (Å²) in [7, 11) is 0. The Bertz CT molecular complexity index is 544. The second kappa shape index (κ2) is 4.77. The van der Waals surface area contributed by atoms with E-state index >= 15 is 0 Å². The molecule has 0 aromatic heterocycles. The average molecular weight is 290 g/mol. The zero-order chi connectivity index (χ0) is 13.7. The summed E-state index contributed by atoms with van der Waals surface area (Å²) in [6, 6.07) is 8.95. The number of fused-ring (bicyclic) bond motifs is 3. The zero-order valence-corrected chi connectivity index (χ0v) is 12.4. The van der Waals surface area contributed by atoms with Gasteiger partial charge in [0.05, 0.1) is 0 Å². The van der Waals surface area contributed by atoms with Gasteiger partial charge in [0.1, 0.15) is 0 Å². The number of carbonyl (C=O) groups is 1. The number of hydrogen-bond acceptors (Lipinski definition) is 1. The summed E-state index contributed by atoms with van der Waals surface area (Å²) in [6.07, 6.45) is 4.51. The Balaban J connectivity index is 1.56. The van der Waals surface area contributed by atoms with Crippen molar-refractivity contribution in [3.63, 3.8) is 0 Å². The van der Waals surface area contributed by atoms with Gasteiger partial charge in [-0.3, -0.25) is 4.79 Å². The predicted molar refractivity (Wildman–Crippen MR) is 79.9 cm³/mol. The number of benzene rings is 1. The van der Waals surface area contributed by atoms with Crippen LogP contribution in [-0.4, -0.2) is 29.3 Å². The summed E-state index contributed by atoms with van der Waals surface area (Å²) in [4.78, 5) is 14.9. The highest BCUT2D eigenvalue weighted by Gasteiger charge is 2.58. The molecule has 0 bridgehead atoms. The van der Waals surface area contributed by atoms with Gasteiger partial charge >= 0.3 is 0 Å². The second-order valence-corrected chi connectivity index (χ2v) is 6.74. The molecule has 1 saturated carbocycles. The number of hydrogen-bond donors (Lipinski definition) is 0. The van der Waals surface area contributed by atoms with Crippen molar-refractivity contribution < 1.29 is 4.79 Å². The molecule has 1 aromatic carbocycles. The predicted octanol–water partition coefficient (Wildman–Crippen LogP) is 3.19. The highest BCUT2D eigenvalue weighted by molar-refractivity contribution is 6.18. The van der Waals surface area contributed by atoms with Gasteiger partial charge in [-0.25, -0.2) is 0 Å². The van der Waals surface area contributed by atoms with Crippen molar-refractivity contribution in [3.8, 4) is 0 Å². The van der Waals surface area contributed by atoms with Gasteiger partial charge in [-0.05, 0) is 48.6 Å². The van der Waals surface area contributed by atoms with Crippen LogP contribution in [0.2, 0.25) is 0 Å². The molecule has 0 spiro atoms. The topological polar surface area (TPSA) is 20.3 Å². The summed E-state index contributed by atoms with van der Waals surface area (Å²) < 4.78 is 0. The van der Waals surface area contributed by atoms with E-state index in [0.717, 1.165) is 25.8 Å². The van der Waals surface area contributed by atoms with Crippen molar-refractivity contribution in [2.45, 2.75) is 37.6 Å². The Labute approximate surface area is 125 Å². The van der Waals surface area contributed by atoms with E-state index in [9.17, 15) is 4.79 Å². The molecule has 0 radical (unpaired) electrons. The summed E-state index contributed by atoms with van der Waals surface area (Å²) in [5.74, 6) is 2.28. The molecule has 2 fully saturated rings. The van der Waals surface area contributed by atoms with E-state index in [-0.39, 0.29) is 12.0 Å². The van der Waals surface area contributed by atoms with Crippen molar-refractivity contribution in [1.29, 1.82) is 0 Å². The molecule has 1 amide bonds. The fourth-order valence-corrected chi connectivity index (χ4v) is 4.70. The smallest absolute Gasteiger partial charge is 0.226 e. The number of likely N-dealkylation sites (tertiary alicyclic amines) is 1. The molecular weight excluding hydrogens is 270 g/mol. The number of alkyl halides is 1. The summed E-state index contributed by atoms with van der Waals surface area (Å²) in [6.45, 7) is 0.911. The quantitative estimate of drug-likeness (QED) is 0.766. The number of nitrogens with zero attached hydrogens (tertiary/aromatic N) is 1. The van der Waals surface area contributed by atoms with Crippen molar-refractivity contribution in [2.75, 3.05) is 12.4 Å². The van der Waals surface area contributed by atoms with Crippen molar-refractivity contribution in [1.82, 2.24) is 4.90 Å². The number of carbonyl (C=O) groups excluding carboxylic acids is 1. The van der Waals surface area contributed by atoms with E-state index in [1.807, 2.05) is 0 Å². The Morgan fingerprint density at radius 2 is 2.15 bits per heavy atom. The maximum atomic E-state index is 12.8. The van der Waals surface area contributed by atoms with Gasteiger partial charge in [-0.2, -0.15) is 0 Å². The Morgan fingerprint density at radius 3 is 3.00 bits per heavy atom. The van der Waals surface area contributed by atoms with E-state index in [0.29, 0.717) is 23.6 Å². The maximum Gasteiger partial charge on any atom is 0.226 e. The molecule has 4 rings (SSSR count). The summed E-state index contributed by atoms with van der Waals surface area (Å²) in [5.41, 5.74) is 2.89. The van der Waals surface area contributed by atoms with Crippen LogP contribution in [0.3, 0.4) is 0 Å². The molecule has 4 unspecified atom stereocenters. The Morgan fingerprint density at radius 1 is 1.30 bits per heavy atom. The van der Waals surface area contributed by atoms with Crippen LogP contribution in [0.5, 0.6) is 0 Å². The first-order valence-electron chi connectivity index (χ1n) is 7.75. The lowest BCUT2D eigenvalue weighted by Crippen LogP contribution is -2.38. The molecular formula is C17H20ClNO. The Kier molecular flexibility index (Phi) is 3.03. The monoisotopic (exact) mass is 289 g/mol. The van der Waals surface area contributed by atoms with Gasteiger partial charge in [0.25, 0.3) is 0 Å². The highest BCUT2D eigenvalue weighted by atomic mass is 35.5. The molecule has 1 saturated heterocycles. The SMILES string of the molecule is O=C(C1C2CCc3ccccc3C21)N1CCCC1CCl. The van der Waals surface area contributed by atoms with Crippen LogP contribution < -0.4 is 0 Å².